The van der Waals surface area contributed by atoms with Gasteiger partial charge in [-0.05, 0) is 79.6 Å². The van der Waals surface area contributed by atoms with E-state index in [1.165, 1.54) is 65.8 Å². The lowest BCUT2D eigenvalue weighted by molar-refractivity contribution is 1.07. The number of nitrogens with zero attached hydrogens (tertiary/aromatic N) is 2. The number of fused-ring (bicyclic) bond motifs is 4. The van der Waals surface area contributed by atoms with Crippen LogP contribution in [-0.4, -0.2) is 9.13 Å². The van der Waals surface area contributed by atoms with Crippen LogP contribution in [-0.2, 0) is 0 Å². The third kappa shape index (κ3) is 3.34. The third-order valence-electron chi connectivity index (χ3n) is 7.64. The maximum Gasteiger partial charge on any atom is 0.0541 e. The Morgan fingerprint density at radius 3 is 1.61 bits per heavy atom. The minimum Gasteiger partial charge on any atom is -0.310 e. The number of benzene rings is 5. The Morgan fingerprint density at radius 2 is 0.974 bits per heavy atom. The molecule has 2 aromatic heterocycles. The van der Waals surface area contributed by atoms with Crippen molar-refractivity contribution in [2.75, 3.05) is 0 Å². The number of hydrogen-bond acceptors (Lipinski definition) is 0. The van der Waals surface area contributed by atoms with Gasteiger partial charge in [0.15, 0.2) is 0 Å². The molecule has 0 saturated carbocycles. The van der Waals surface area contributed by atoms with E-state index in [1.54, 1.807) is 0 Å². The standard InChI is InChI=1S/C36H28N2/c1-3-29-31-23-25(19-21-35(31)37(33(29)4-2)27-13-7-5-8-14-27)26-20-22-36-32(24-26)30-17-11-12-18-34(30)38(36)28-15-9-6-10-16-28/h3-24H,1-2H3/b29-3-,33-4+. The van der Waals surface area contributed by atoms with Gasteiger partial charge in [-0.2, -0.15) is 0 Å². The lowest BCUT2D eigenvalue weighted by Crippen LogP contribution is -2.27. The number of aromatic nitrogens is 2. The Hall–Kier alpha value is -4.82. The van der Waals surface area contributed by atoms with Gasteiger partial charge in [0.2, 0.25) is 0 Å². The van der Waals surface area contributed by atoms with Crippen molar-refractivity contribution in [1.29, 1.82) is 0 Å². The van der Waals surface area contributed by atoms with E-state index in [1.807, 2.05) is 0 Å². The molecule has 182 valence electrons. The molecule has 0 saturated heterocycles. The van der Waals surface area contributed by atoms with E-state index >= 15 is 0 Å². The van der Waals surface area contributed by atoms with Crippen LogP contribution in [0.25, 0.3) is 67.4 Å². The van der Waals surface area contributed by atoms with Gasteiger partial charge in [0, 0.05) is 38.1 Å². The Kier molecular flexibility index (Phi) is 5.26. The number of rotatable bonds is 3. The van der Waals surface area contributed by atoms with E-state index in [4.69, 9.17) is 0 Å². The monoisotopic (exact) mass is 488 g/mol. The molecule has 38 heavy (non-hydrogen) atoms. The first-order valence-corrected chi connectivity index (χ1v) is 13.2. The fourth-order valence-corrected chi connectivity index (χ4v) is 5.97. The smallest absolute Gasteiger partial charge is 0.0541 e. The molecule has 5 aromatic carbocycles. The molecular formula is C36H28N2. The van der Waals surface area contributed by atoms with Gasteiger partial charge < -0.3 is 9.13 Å². The largest absolute Gasteiger partial charge is 0.310 e. The summed E-state index contributed by atoms with van der Waals surface area (Å²) >= 11 is 0. The van der Waals surface area contributed by atoms with Crippen LogP contribution in [0.2, 0.25) is 0 Å². The van der Waals surface area contributed by atoms with Crippen molar-refractivity contribution in [3.8, 4) is 22.5 Å². The quantitative estimate of drug-likeness (QED) is 0.238. The van der Waals surface area contributed by atoms with Gasteiger partial charge in [-0.15, -0.1) is 0 Å². The first kappa shape index (κ1) is 22.4. The highest BCUT2D eigenvalue weighted by molar-refractivity contribution is 6.10. The van der Waals surface area contributed by atoms with Crippen LogP contribution in [0.15, 0.2) is 121 Å². The zero-order valence-electron chi connectivity index (χ0n) is 21.6. The van der Waals surface area contributed by atoms with Crippen molar-refractivity contribution in [3.63, 3.8) is 0 Å². The summed E-state index contributed by atoms with van der Waals surface area (Å²) in [5, 5.41) is 6.32. The van der Waals surface area contributed by atoms with Gasteiger partial charge in [-0.3, -0.25) is 0 Å². The zero-order chi connectivity index (χ0) is 25.6. The average molecular weight is 489 g/mol. The fraction of sp³-hybridized carbons (Fsp3) is 0.0556. The Balaban J connectivity index is 1.47. The molecule has 0 aliphatic rings. The van der Waals surface area contributed by atoms with Crippen LogP contribution >= 0.6 is 0 Å². The predicted octanol–water partition coefficient (Wildman–Crippen LogP) is 8.00. The minimum atomic E-state index is 1.18. The summed E-state index contributed by atoms with van der Waals surface area (Å²) < 4.78 is 4.73. The molecule has 0 N–H and O–H groups in total. The molecule has 7 rings (SSSR count). The van der Waals surface area contributed by atoms with Crippen molar-refractivity contribution in [2.45, 2.75) is 13.8 Å². The van der Waals surface area contributed by atoms with E-state index in [0.29, 0.717) is 0 Å². The summed E-state index contributed by atoms with van der Waals surface area (Å²) in [7, 11) is 0. The summed E-state index contributed by atoms with van der Waals surface area (Å²) in [6.45, 7) is 4.26. The minimum absolute atomic E-state index is 1.18. The van der Waals surface area contributed by atoms with Crippen LogP contribution in [0.5, 0.6) is 0 Å². The van der Waals surface area contributed by atoms with Crippen molar-refractivity contribution in [3.05, 3.63) is 132 Å². The second kappa shape index (κ2) is 8.93. The first-order valence-electron chi connectivity index (χ1n) is 13.2. The summed E-state index contributed by atoms with van der Waals surface area (Å²) in [5.41, 5.74) is 8.50. The van der Waals surface area contributed by atoms with Gasteiger partial charge in [-0.1, -0.05) is 78.9 Å². The summed E-state index contributed by atoms with van der Waals surface area (Å²) in [5.74, 6) is 0. The highest BCUT2D eigenvalue weighted by Crippen LogP contribution is 2.35. The molecule has 0 amide bonds. The summed E-state index contributed by atoms with van der Waals surface area (Å²) in [6.07, 6.45) is 4.45. The predicted molar refractivity (Wildman–Crippen MR) is 163 cm³/mol. The average Bonchev–Trinajstić information content (AvgIpc) is 3.49. The zero-order valence-corrected chi connectivity index (χ0v) is 21.6. The molecule has 0 spiro atoms. The van der Waals surface area contributed by atoms with Gasteiger partial charge in [0.05, 0.1) is 16.6 Å². The molecule has 2 heterocycles. The molecule has 0 aliphatic carbocycles. The summed E-state index contributed by atoms with van der Waals surface area (Å²) in [4.78, 5) is 0. The number of para-hydroxylation sites is 3. The van der Waals surface area contributed by atoms with Crippen molar-refractivity contribution in [2.24, 2.45) is 0 Å². The Morgan fingerprint density at radius 1 is 0.447 bits per heavy atom. The van der Waals surface area contributed by atoms with E-state index in [-0.39, 0.29) is 0 Å². The maximum absolute atomic E-state index is 2.37. The van der Waals surface area contributed by atoms with E-state index in [9.17, 15) is 0 Å². The summed E-state index contributed by atoms with van der Waals surface area (Å²) in [6, 6.07) is 43.7. The van der Waals surface area contributed by atoms with Crippen LogP contribution in [0.3, 0.4) is 0 Å². The SMILES string of the molecule is C/C=c1\c(=C/C)n(-c2ccccc2)c2ccc(-c3ccc4c(c3)c3ccccc3n4-c3ccccc3)cc12. The van der Waals surface area contributed by atoms with E-state index < -0.39 is 0 Å². The second-order valence-corrected chi connectivity index (χ2v) is 9.70. The topological polar surface area (TPSA) is 9.86 Å². The van der Waals surface area contributed by atoms with Crippen LogP contribution in [0.1, 0.15) is 13.8 Å². The molecule has 0 radical (unpaired) electrons. The normalized spacial score (nSPS) is 12.8. The fourth-order valence-electron chi connectivity index (χ4n) is 5.97. The molecule has 0 bridgehead atoms. The maximum atomic E-state index is 2.37. The molecule has 0 fully saturated rings. The lowest BCUT2D eigenvalue weighted by Gasteiger charge is -2.09. The van der Waals surface area contributed by atoms with Crippen molar-refractivity contribution < 1.29 is 0 Å². The Bertz CT molecular complexity index is 2080. The van der Waals surface area contributed by atoms with Crippen LogP contribution in [0, 0.1) is 0 Å². The van der Waals surface area contributed by atoms with E-state index in [2.05, 4.69) is 156 Å². The van der Waals surface area contributed by atoms with Gasteiger partial charge in [-0.25, -0.2) is 0 Å². The molecule has 0 aliphatic heterocycles. The van der Waals surface area contributed by atoms with Crippen molar-refractivity contribution >= 4 is 44.9 Å². The molecule has 2 nitrogen and oxygen atoms in total. The second-order valence-electron chi connectivity index (χ2n) is 9.70. The number of hydrogen-bond donors (Lipinski definition) is 0. The highest BCUT2D eigenvalue weighted by Gasteiger charge is 2.14. The lowest BCUT2D eigenvalue weighted by atomic mass is 10.0. The van der Waals surface area contributed by atoms with Gasteiger partial charge in [0.1, 0.15) is 0 Å². The third-order valence-corrected chi connectivity index (χ3v) is 7.64. The molecule has 0 atom stereocenters. The van der Waals surface area contributed by atoms with Crippen molar-refractivity contribution in [1.82, 2.24) is 9.13 Å². The highest BCUT2D eigenvalue weighted by atomic mass is 15.0. The van der Waals surface area contributed by atoms with E-state index in [0.717, 1.165) is 0 Å². The molecule has 0 unspecified atom stereocenters. The molecular weight excluding hydrogens is 460 g/mol. The van der Waals surface area contributed by atoms with Crippen LogP contribution < -0.4 is 10.6 Å². The van der Waals surface area contributed by atoms with Gasteiger partial charge in [0.25, 0.3) is 0 Å². The first-order chi connectivity index (χ1) is 18.8. The van der Waals surface area contributed by atoms with Crippen LogP contribution in [0.4, 0.5) is 0 Å². The molecule has 2 heteroatoms. The molecule has 7 aromatic rings. The van der Waals surface area contributed by atoms with Gasteiger partial charge >= 0.3 is 0 Å². The Labute approximate surface area is 222 Å².